The van der Waals surface area contributed by atoms with Crippen LogP contribution in [-0.2, 0) is 0 Å². The molecule has 0 heterocycles. The number of benzene rings is 1. The van der Waals surface area contributed by atoms with Gasteiger partial charge in [0, 0.05) is 0 Å². The molecule has 2 rings (SSSR count). The molecule has 0 heteroatoms. The summed E-state index contributed by atoms with van der Waals surface area (Å²) in [4.78, 5) is 0. The Bertz CT molecular complexity index is 924. The molecule has 0 spiro atoms. The zero-order valence-corrected chi connectivity index (χ0v) is 23.6. The first kappa shape index (κ1) is 29.7. The van der Waals surface area contributed by atoms with Crippen LogP contribution in [0.25, 0.3) is 5.57 Å². The van der Waals surface area contributed by atoms with Gasteiger partial charge < -0.3 is 0 Å². The van der Waals surface area contributed by atoms with Gasteiger partial charge in [-0.05, 0) is 96.3 Å². The average molecular weight is 459 g/mol. The molecule has 1 unspecified atom stereocenters. The van der Waals surface area contributed by atoms with Gasteiger partial charge in [-0.3, -0.25) is 0 Å². The van der Waals surface area contributed by atoms with Crippen LogP contribution in [0.4, 0.5) is 0 Å². The quantitative estimate of drug-likeness (QED) is 0.306. The first-order valence-electron chi connectivity index (χ1n) is 13.1. The minimum absolute atomic E-state index is 0.402. The summed E-state index contributed by atoms with van der Waals surface area (Å²) in [5, 5.41) is 0. The van der Waals surface area contributed by atoms with E-state index in [2.05, 4.69) is 111 Å². The Balaban J connectivity index is 0.000000718. The Morgan fingerprint density at radius 3 is 1.88 bits per heavy atom. The summed E-state index contributed by atoms with van der Waals surface area (Å²) in [5.74, 6) is 2.80. The summed E-state index contributed by atoms with van der Waals surface area (Å²) < 4.78 is 0. The largest absolute Gasteiger partial charge is 0.0955 e. The summed E-state index contributed by atoms with van der Waals surface area (Å²) in [7, 11) is 0. The standard InChI is InChI=1S/C27H34.C7H16/c1-9-25(18(2)3)20(6)17-21(7)26(19(4)5)27(22(8)23-15-16-23)24-13-11-10-12-14-24;1-5-7(4)6(2)3/h9-14,17,19,23H,2,6,8,15-16H2,1,3-5,7H3;6-7H,5H2,1-4H3/b21-17+,25-9-,27-26-;. The molecule has 1 fully saturated rings. The summed E-state index contributed by atoms with van der Waals surface area (Å²) in [6.07, 6.45) is 8.14. The third-order valence-electron chi connectivity index (χ3n) is 6.99. The molecule has 1 aliphatic carbocycles. The van der Waals surface area contributed by atoms with Gasteiger partial charge in [0.15, 0.2) is 0 Å². The van der Waals surface area contributed by atoms with Gasteiger partial charge in [0.1, 0.15) is 0 Å². The topological polar surface area (TPSA) is 0 Å². The van der Waals surface area contributed by atoms with Gasteiger partial charge in [-0.2, -0.15) is 0 Å². The maximum atomic E-state index is 4.50. The third-order valence-corrected chi connectivity index (χ3v) is 6.99. The van der Waals surface area contributed by atoms with Crippen LogP contribution in [0.15, 0.2) is 95.7 Å². The predicted octanol–water partition coefficient (Wildman–Crippen LogP) is 10.8. The molecule has 0 saturated heterocycles. The highest BCUT2D eigenvalue weighted by Crippen LogP contribution is 2.45. The van der Waals surface area contributed by atoms with E-state index in [1.165, 1.54) is 47.1 Å². The average Bonchev–Trinajstić information content (AvgIpc) is 3.62. The molecule has 1 aromatic carbocycles. The molecule has 186 valence electrons. The smallest absolute Gasteiger partial charge is 0.0118 e. The second-order valence-electron chi connectivity index (χ2n) is 10.6. The fourth-order valence-electron chi connectivity index (χ4n) is 4.29. The van der Waals surface area contributed by atoms with Crippen molar-refractivity contribution in [2.75, 3.05) is 0 Å². The lowest BCUT2D eigenvalue weighted by atomic mass is 9.82. The van der Waals surface area contributed by atoms with Crippen molar-refractivity contribution in [3.8, 4) is 0 Å². The Kier molecular flexibility index (Phi) is 12.4. The lowest BCUT2D eigenvalue weighted by Crippen LogP contribution is -2.05. The van der Waals surface area contributed by atoms with Gasteiger partial charge in [0.2, 0.25) is 0 Å². The van der Waals surface area contributed by atoms with Crippen molar-refractivity contribution in [3.63, 3.8) is 0 Å². The molecule has 0 N–H and O–H groups in total. The van der Waals surface area contributed by atoms with Crippen molar-refractivity contribution >= 4 is 5.57 Å². The van der Waals surface area contributed by atoms with E-state index in [0.29, 0.717) is 11.8 Å². The number of rotatable bonds is 10. The monoisotopic (exact) mass is 458 g/mol. The van der Waals surface area contributed by atoms with Crippen molar-refractivity contribution in [1.82, 2.24) is 0 Å². The van der Waals surface area contributed by atoms with E-state index in [9.17, 15) is 0 Å². The molecule has 1 aromatic rings. The number of hydrogen-bond acceptors (Lipinski definition) is 0. The van der Waals surface area contributed by atoms with Crippen LogP contribution < -0.4 is 0 Å². The van der Waals surface area contributed by atoms with E-state index in [1.807, 2.05) is 13.8 Å². The summed E-state index contributed by atoms with van der Waals surface area (Å²) in [6, 6.07) is 10.7. The van der Waals surface area contributed by atoms with Gasteiger partial charge >= 0.3 is 0 Å². The van der Waals surface area contributed by atoms with E-state index < -0.39 is 0 Å². The van der Waals surface area contributed by atoms with E-state index in [1.54, 1.807) is 0 Å². The van der Waals surface area contributed by atoms with Crippen molar-refractivity contribution in [2.24, 2.45) is 23.7 Å². The van der Waals surface area contributed by atoms with Crippen molar-refractivity contribution < 1.29 is 0 Å². The maximum Gasteiger partial charge on any atom is -0.0118 e. The van der Waals surface area contributed by atoms with Crippen LogP contribution in [0.5, 0.6) is 0 Å². The highest BCUT2D eigenvalue weighted by molar-refractivity contribution is 5.84. The normalized spacial score (nSPS) is 16.0. The fourth-order valence-corrected chi connectivity index (χ4v) is 4.29. The first-order chi connectivity index (χ1) is 16.0. The van der Waals surface area contributed by atoms with Crippen LogP contribution in [0.3, 0.4) is 0 Å². The Hall–Kier alpha value is -2.34. The minimum Gasteiger partial charge on any atom is -0.0955 e. The number of hydrogen-bond donors (Lipinski definition) is 0. The molecule has 0 bridgehead atoms. The Morgan fingerprint density at radius 2 is 1.53 bits per heavy atom. The Labute approximate surface area is 212 Å². The molecular weight excluding hydrogens is 408 g/mol. The molecule has 0 radical (unpaired) electrons. The molecule has 1 aliphatic rings. The van der Waals surface area contributed by atoms with E-state index in [0.717, 1.165) is 28.6 Å². The summed E-state index contributed by atoms with van der Waals surface area (Å²) in [5.41, 5.74) is 9.70. The molecule has 0 aliphatic heterocycles. The Morgan fingerprint density at radius 1 is 0.971 bits per heavy atom. The predicted molar refractivity (Wildman–Crippen MR) is 156 cm³/mol. The van der Waals surface area contributed by atoms with Crippen molar-refractivity contribution in [3.05, 3.63) is 101 Å². The van der Waals surface area contributed by atoms with Crippen LogP contribution >= 0.6 is 0 Å². The molecular formula is C34H50. The summed E-state index contributed by atoms with van der Waals surface area (Å²) in [6.45, 7) is 32.8. The van der Waals surface area contributed by atoms with Crippen LogP contribution in [-0.4, -0.2) is 0 Å². The van der Waals surface area contributed by atoms with Gasteiger partial charge in [-0.15, -0.1) is 0 Å². The zero-order valence-electron chi connectivity index (χ0n) is 23.6. The van der Waals surface area contributed by atoms with Crippen molar-refractivity contribution in [2.45, 2.75) is 81.6 Å². The molecule has 1 atom stereocenters. The lowest BCUT2D eigenvalue weighted by molar-refractivity contribution is 0.407. The zero-order chi connectivity index (χ0) is 26.0. The minimum atomic E-state index is 0.402. The highest BCUT2D eigenvalue weighted by Gasteiger charge is 2.29. The first-order valence-corrected chi connectivity index (χ1v) is 13.1. The molecule has 0 aromatic heterocycles. The number of allylic oxidation sites excluding steroid dienone is 9. The fraction of sp³-hybridized carbons (Fsp3) is 0.471. The summed E-state index contributed by atoms with van der Waals surface area (Å²) >= 11 is 0. The van der Waals surface area contributed by atoms with E-state index >= 15 is 0 Å². The van der Waals surface area contributed by atoms with Gasteiger partial charge in [-0.1, -0.05) is 116 Å². The second kappa shape index (κ2) is 14.1. The van der Waals surface area contributed by atoms with Crippen LogP contribution in [0.2, 0.25) is 0 Å². The lowest BCUT2D eigenvalue weighted by Gasteiger charge is -2.22. The molecule has 34 heavy (non-hydrogen) atoms. The second-order valence-corrected chi connectivity index (χ2v) is 10.6. The SMILES string of the molecule is C=C(C)/C(=C/C)C(=C)/C=C(C)/C(=C(/C(=C)C1CC1)c1ccccc1)C(C)C.CCC(C)C(C)C. The van der Waals surface area contributed by atoms with Gasteiger partial charge in [0.25, 0.3) is 0 Å². The molecule has 1 saturated carbocycles. The van der Waals surface area contributed by atoms with Crippen molar-refractivity contribution in [1.29, 1.82) is 0 Å². The van der Waals surface area contributed by atoms with Crippen LogP contribution in [0.1, 0.15) is 87.1 Å². The van der Waals surface area contributed by atoms with Crippen LogP contribution in [0, 0.1) is 23.7 Å². The maximum absolute atomic E-state index is 4.50. The van der Waals surface area contributed by atoms with E-state index in [-0.39, 0.29) is 0 Å². The van der Waals surface area contributed by atoms with Gasteiger partial charge in [0.05, 0.1) is 0 Å². The molecule has 0 nitrogen and oxygen atoms in total. The third kappa shape index (κ3) is 8.79. The van der Waals surface area contributed by atoms with E-state index in [4.69, 9.17) is 0 Å². The molecule has 0 amide bonds. The highest BCUT2D eigenvalue weighted by atomic mass is 14.3. The van der Waals surface area contributed by atoms with Gasteiger partial charge in [-0.25, -0.2) is 0 Å².